The van der Waals surface area contributed by atoms with Crippen LogP contribution in [-0.4, -0.2) is 35.8 Å². The van der Waals surface area contributed by atoms with Crippen molar-refractivity contribution in [3.05, 3.63) is 29.6 Å². The van der Waals surface area contributed by atoms with Gasteiger partial charge in [-0.25, -0.2) is 18.0 Å². The third-order valence-electron chi connectivity index (χ3n) is 3.28. The van der Waals surface area contributed by atoms with E-state index in [0.29, 0.717) is 31.5 Å². The fraction of sp³-hybridized carbons (Fsp3) is 0.562. The second-order valence-corrected chi connectivity index (χ2v) is 6.51. The SMILES string of the molecule is CC(C)(C)OC(=O)N1CCC[C@@H](Oc2c(F)cc(F)cc2F)C1. The van der Waals surface area contributed by atoms with Crippen molar-refractivity contribution in [1.82, 2.24) is 4.90 Å². The molecule has 1 saturated heterocycles. The molecule has 0 spiro atoms. The van der Waals surface area contributed by atoms with E-state index in [-0.39, 0.29) is 6.54 Å². The summed E-state index contributed by atoms with van der Waals surface area (Å²) in [6.07, 6.45) is 0.0840. The first-order chi connectivity index (χ1) is 10.7. The van der Waals surface area contributed by atoms with Crippen LogP contribution in [0.15, 0.2) is 12.1 Å². The molecule has 1 atom stereocenters. The zero-order valence-corrected chi connectivity index (χ0v) is 13.4. The van der Waals surface area contributed by atoms with Crippen LogP contribution >= 0.6 is 0 Å². The van der Waals surface area contributed by atoms with Crippen LogP contribution in [0.25, 0.3) is 0 Å². The van der Waals surface area contributed by atoms with Gasteiger partial charge in [0.1, 0.15) is 17.5 Å². The molecule has 0 aromatic heterocycles. The Morgan fingerprint density at radius 2 is 1.83 bits per heavy atom. The maximum Gasteiger partial charge on any atom is 0.410 e. The molecule has 1 heterocycles. The van der Waals surface area contributed by atoms with E-state index in [1.165, 1.54) is 4.90 Å². The van der Waals surface area contributed by atoms with E-state index in [1.54, 1.807) is 20.8 Å². The summed E-state index contributed by atoms with van der Waals surface area (Å²) in [7, 11) is 0. The summed E-state index contributed by atoms with van der Waals surface area (Å²) in [6, 6.07) is 1.12. The first-order valence-electron chi connectivity index (χ1n) is 7.45. The average Bonchev–Trinajstić information content (AvgIpc) is 2.41. The molecule has 1 aliphatic rings. The van der Waals surface area contributed by atoms with Crippen molar-refractivity contribution >= 4 is 6.09 Å². The molecule has 1 aliphatic heterocycles. The molecule has 0 unspecified atom stereocenters. The van der Waals surface area contributed by atoms with Gasteiger partial charge in [0.05, 0.1) is 6.54 Å². The lowest BCUT2D eigenvalue weighted by Gasteiger charge is -2.34. The standard InChI is InChI=1S/C16H20F3NO3/c1-16(2,3)23-15(21)20-6-4-5-11(9-20)22-14-12(18)7-10(17)8-13(14)19/h7-8,11H,4-6,9H2,1-3H3/t11-/m1/s1. The summed E-state index contributed by atoms with van der Waals surface area (Å²) in [5.74, 6) is -3.83. The summed E-state index contributed by atoms with van der Waals surface area (Å²) < 4.78 is 50.8. The minimum absolute atomic E-state index is 0.158. The van der Waals surface area contributed by atoms with Crippen molar-refractivity contribution in [2.75, 3.05) is 13.1 Å². The number of carbonyl (C=O) groups is 1. The number of likely N-dealkylation sites (tertiary alicyclic amines) is 1. The molecule has 1 amide bonds. The highest BCUT2D eigenvalue weighted by molar-refractivity contribution is 5.68. The van der Waals surface area contributed by atoms with Crippen LogP contribution in [0.4, 0.5) is 18.0 Å². The van der Waals surface area contributed by atoms with Gasteiger partial charge >= 0.3 is 6.09 Å². The Bertz CT molecular complexity index is 563. The highest BCUT2D eigenvalue weighted by Crippen LogP contribution is 2.26. The van der Waals surface area contributed by atoms with Crippen LogP contribution in [0.3, 0.4) is 0 Å². The summed E-state index contributed by atoms with van der Waals surface area (Å²) in [5, 5.41) is 0. The summed E-state index contributed by atoms with van der Waals surface area (Å²) in [5.41, 5.74) is -0.625. The number of hydrogen-bond donors (Lipinski definition) is 0. The minimum Gasteiger partial charge on any atom is -0.482 e. The van der Waals surface area contributed by atoms with Crippen molar-refractivity contribution in [3.63, 3.8) is 0 Å². The van der Waals surface area contributed by atoms with Crippen LogP contribution < -0.4 is 4.74 Å². The molecule has 4 nitrogen and oxygen atoms in total. The number of carbonyl (C=O) groups excluding carboxylic acids is 1. The zero-order valence-electron chi connectivity index (χ0n) is 13.4. The van der Waals surface area contributed by atoms with E-state index < -0.39 is 41.0 Å². The van der Waals surface area contributed by atoms with E-state index >= 15 is 0 Å². The molecule has 0 bridgehead atoms. The van der Waals surface area contributed by atoms with Crippen molar-refractivity contribution in [2.45, 2.75) is 45.3 Å². The largest absolute Gasteiger partial charge is 0.482 e. The van der Waals surface area contributed by atoms with Gasteiger partial charge in [0, 0.05) is 18.7 Å². The Hall–Kier alpha value is -1.92. The average molecular weight is 331 g/mol. The second-order valence-electron chi connectivity index (χ2n) is 6.51. The maximum absolute atomic E-state index is 13.6. The van der Waals surface area contributed by atoms with Gasteiger partial charge in [0.25, 0.3) is 0 Å². The number of piperidine rings is 1. The van der Waals surface area contributed by atoms with Crippen molar-refractivity contribution in [2.24, 2.45) is 0 Å². The third-order valence-corrected chi connectivity index (χ3v) is 3.28. The molecule has 0 saturated carbocycles. The highest BCUT2D eigenvalue weighted by Gasteiger charge is 2.29. The molecule has 0 radical (unpaired) electrons. The minimum atomic E-state index is -1.10. The van der Waals surface area contributed by atoms with Gasteiger partial charge < -0.3 is 14.4 Å². The van der Waals surface area contributed by atoms with E-state index in [2.05, 4.69) is 0 Å². The quantitative estimate of drug-likeness (QED) is 0.825. The first-order valence-corrected chi connectivity index (χ1v) is 7.45. The van der Waals surface area contributed by atoms with Gasteiger partial charge in [-0.1, -0.05) is 0 Å². The van der Waals surface area contributed by atoms with E-state index in [0.717, 1.165) is 0 Å². The number of nitrogens with zero attached hydrogens (tertiary/aromatic N) is 1. The van der Waals surface area contributed by atoms with Gasteiger partial charge in [0.15, 0.2) is 17.4 Å². The normalized spacial score (nSPS) is 18.7. The molecule has 23 heavy (non-hydrogen) atoms. The predicted molar refractivity (Wildman–Crippen MR) is 77.8 cm³/mol. The Morgan fingerprint density at radius 3 is 2.39 bits per heavy atom. The molecule has 7 heteroatoms. The van der Waals surface area contributed by atoms with E-state index in [1.807, 2.05) is 0 Å². The van der Waals surface area contributed by atoms with Crippen molar-refractivity contribution in [3.8, 4) is 5.75 Å². The third kappa shape index (κ3) is 4.77. The van der Waals surface area contributed by atoms with Crippen LogP contribution in [0.5, 0.6) is 5.75 Å². The fourth-order valence-corrected chi connectivity index (χ4v) is 2.33. The predicted octanol–water partition coefficient (Wildman–Crippen LogP) is 3.88. The Kier molecular flexibility index (Phi) is 5.06. The van der Waals surface area contributed by atoms with Crippen LogP contribution in [0.1, 0.15) is 33.6 Å². The number of amides is 1. The lowest BCUT2D eigenvalue weighted by atomic mass is 10.1. The van der Waals surface area contributed by atoms with Gasteiger partial charge in [0.2, 0.25) is 0 Å². The van der Waals surface area contributed by atoms with Crippen molar-refractivity contribution < 1.29 is 27.4 Å². The molecular formula is C16H20F3NO3. The zero-order chi connectivity index (χ0) is 17.2. The van der Waals surface area contributed by atoms with E-state index in [9.17, 15) is 18.0 Å². The number of halogens is 3. The molecular weight excluding hydrogens is 311 g/mol. The molecule has 1 fully saturated rings. The monoisotopic (exact) mass is 331 g/mol. The Balaban J connectivity index is 2.03. The molecule has 0 aliphatic carbocycles. The second kappa shape index (κ2) is 6.68. The van der Waals surface area contributed by atoms with Crippen molar-refractivity contribution in [1.29, 1.82) is 0 Å². The lowest BCUT2D eigenvalue weighted by Crippen LogP contribution is -2.46. The molecule has 0 N–H and O–H groups in total. The van der Waals surface area contributed by atoms with Gasteiger partial charge in [-0.3, -0.25) is 0 Å². The van der Waals surface area contributed by atoms with Gasteiger partial charge in [-0.15, -0.1) is 0 Å². The lowest BCUT2D eigenvalue weighted by molar-refractivity contribution is 0.00691. The maximum atomic E-state index is 13.6. The van der Waals surface area contributed by atoms with Crippen LogP contribution in [0.2, 0.25) is 0 Å². The Morgan fingerprint density at radius 1 is 1.22 bits per heavy atom. The van der Waals surface area contributed by atoms with Gasteiger partial charge in [-0.05, 0) is 33.6 Å². The number of rotatable bonds is 2. The summed E-state index contributed by atoms with van der Waals surface area (Å²) in [6.45, 7) is 5.92. The molecule has 1 aromatic carbocycles. The van der Waals surface area contributed by atoms with Crippen LogP contribution in [-0.2, 0) is 4.74 Å². The van der Waals surface area contributed by atoms with Gasteiger partial charge in [-0.2, -0.15) is 0 Å². The summed E-state index contributed by atoms with van der Waals surface area (Å²) in [4.78, 5) is 13.5. The summed E-state index contributed by atoms with van der Waals surface area (Å²) >= 11 is 0. The molecule has 128 valence electrons. The highest BCUT2D eigenvalue weighted by atomic mass is 19.1. The fourth-order valence-electron chi connectivity index (χ4n) is 2.33. The number of ether oxygens (including phenoxy) is 2. The molecule has 1 aromatic rings. The number of benzene rings is 1. The smallest absolute Gasteiger partial charge is 0.410 e. The van der Waals surface area contributed by atoms with E-state index in [4.69, 9.17) is 9.47 Å². The first kappa shape index (κ1) is 17.4. The molecule has 2 rings (SSSR count). The number of hydrogen-bond acceptors (Lipinski definition) is 3. The Labute approximate surface area is 133 Å². The van der Waals surface area contributed by atoms with Crippen LogP contribution in [0, 0.1) is 17.5 Å². The topological polar surface area (TPSA) is 38.8 Å².